The fraction of sp³-hybridized carbons (Fsp3) is 0.222. The molecule has 240 valence electrons. The van der Waals surface area contributed by atoms with Crippen molar-refractivity contribution in [3.63, 3.8) is 0 Å². The Balaban J connectivity index is 1.89. The summed E-state index contributed by atoms with van der Waals surface area (Å²) >= 11 is 1.01. The van der Waals surface area contributed by atoms with Crippen LogP contribution < -0.4 is 14.8 Å². The van der Waals surface area contributed by atoms with Crippen molar-refractivity contribution < 1.29 is 13.2 Å². The van der Waals surface area contributed by atoms with Gasteiger partial charge in [0, 0.05) is 36.8 Å². The lowest BCUT2D eigenvalue weighted by Crippen LogP contribution is -2.34. The van der Waals surface area contributed by atoms with Crippen molar-refractivity contribution in [3.05, 3.63) is 115 Å². The van der Waals surface area contributed by atoms with Gasteiger partial charge in [0.1, 0.15) is 16.3 Å². The number of nitriles is 1. The van der Waals surface area contributed by atoms with Crippen LogP contribution in [0.2, 0.25) is 0 Å². The van der Waals surface area contributed by atoms with Gasteiger partial charge in [0.05, 0.1) is 26.5 Å². The molecule has 0 aliphatic heterocycles. The maximum absolute atomic E-state index is 14.4. The zero-order valence-corrected chi connectivity index (χ0v) is 28.9. The summed E-state index contributed by atoms with van der Waals surface area (Å²) in [7, 11) is -1.01. The molecular weight excluding hydrogens is 631 g/mol. The predicted molar refractivity (Wildman–Crippen MR) is 186 cm³/mol. The molecule has 0 amide bonds. The molecule has 0 radical (unpaired) electrons. The summed E-state index contributed by atoms with van der Waals surface area (Å²) in [4.78, 5) is 28.0. The van der Waals surface area contributed by atoms with Crippen molar-refractivity contribution in [2.24, 2.45) is 5.41 Å². The Kier molecular flexibility index (Phi) is 9.06. The van der Waals surface area contributed by atoms with E-state index in [1.165, 1.54) is 30.8 Å². The second kappa shape index (κ2) is 12.7. The summed E-state index contributed by atoms with van der Waals surface area (Å²) in [6.45, 7) is 8.86. The third-order valence-electron chi connectivity index (χ3n) is 7.63. The van der Waals surface area contributed by atoms with Gasteiger partial charge in [-0.15, -0.1) is 11.3 Å². The van der Waals surface area contributed by atoms with Gasteiger partial charge in [-0.1, -0.05) is 74.9 Å². The van der Waals surface area contributed by atoms with Crippen molar-refractivity contribution >= 4 is 38.8 Å². The maximum Gasteiger partial charge on any atom is 0.273 e. The number of para-hydroxylation sites is 1. The van der Waals surface area contributed by atoms with E-state index in [2.05, 4.69) is 6.07 Å². The van der Waals surface area contributed by atoms with Gasteiger partial charge >= 0.3 is 0 Å². The van der Waals surface area contributed by atoms with E-state index < -0.39 is 26.8 Å². The van der Waals surface area contributed by atoms with E-state index in [0.717, 1.165) is 32.5 Å². The minimum atomic E-state index is -3.86. The fourth-order valence-electron chi connectivity index (χ4n) is 4.92. The second-order valence-electron chi connectivity index (χ2n) is 12.4. The average Bonchev–Trinajstić information content (AvgIpc) is 3.59. The standard InChI is InChI=1S/C36H35N5O4S2/c1-23-13-16-25(17-14-23)32-26(22-40(38-32)27-11-9-8-10-12-27)19-31-34(43)41(35(46-31)29(21-37)33(42)36(3,4)5)30-20-28(18-15-24(30)2)47(44,45)39(6)7/h8-20,22H,1-7H3. The zero-order chi connectivity index (χ0) is 34.3. The molecular formula is C36H35N5O4S2. The van der Waals surface area contributed by atoms with Crippen molar-refractivity contribution in [3.8, 4) is 28.7 Å². The lowest BCUT2D eigenvalue weighted by molar-refractivity contribution is -0.120. The number of sulfonamides is 1. The topological polar surface area (TPSA) is 118 Å². The van der Waals surface area contributed by atoms with Crippen molar-refractivity contribution in [2.45, 2.75) is 39.5 Å². The molecule has 47 heavy (non-hydrogen) atoms. The van der Waals surface area contributed by atoms with E-state index in [9.17, 15) is 23.3 Å². The summed E-state index contributed by atoms with van der Waals surface area (Å²) in [6.07, 6.45) is 3.54. The van der Waals surface area contributed by atoms with Crippen LogP contribution in [0.3, 0.4) is 0 Å². The molecule has 0 aliphatic carbocycles. The maximum atomic E-state index is 14.4. The Labute approximate surface area is 278 Å². The lowest BCUT2D eigenvalue weighted by atomic mass is 9.87. The first-order valence-electron chi connectivity index (χ1n) is 14.8. The summed E-state index contributed by atoms with van der Waals surface area (Å²) in [5, 5.41) is 15.2. The molecule has 3 aromatic carbocycles. The van der Waals surface area contributed by atoms with E-state index in [1.807, 2.05) is 67.7 Å². The largest absolute Gasteiger partial charge is 0.293 e. The van der Waals surface area contributed by atoms with Crippen molar-refractivity contribution in [1.29, 1.82) is 5.26 Å². The normalized spacial score (nSPS) is 13.1. The molecule has 0 saturated carbocycles. The average molecular weight is 666 g/mol. The molecule has 0 N–H and O–H groups in total. The van der Waals surface area contributed by atoms with Crippen LogP contribution in [0, 0.1) is 30.6 Å². The molecule has 9 nitrogen and oxygen atoms in total. The fourth-order valence-corrected chi connectivity index (χ4v) is 6.93. The SMILES string of the molecule is Cc1ccc(-c2nn(-c3ccccc3)cc2C=c2sc(=C(C#N)C(=O)C(C)(C)C)n(-c3cc(S(=O)(=O)N(C)C)ccc3C)c2=O)cc1. The minimum absolute atomic E-state index is 0.0240. The molecule has 0 saturated heterocycles. The number of carbonyl (C=O) groups is 1. The third kappa shape index (κ3) is 6.53. The number of thiazole rings is 1. The summed E-state index contributed by atoms with van der Waals surface area (Å²) in [5.74, 6) is -0.437. The zero-order valence-electron chi connectivity index (χ0n) is 27.3. The first-order chi connectivity index (χ1) is 22.1. The van der Waals surface area contributed by atoms with Crippen LogP contribution >= 0.6 is 11.3 Å². The predicted octanol–water partition coefficient (Wildman–Crippen LogP) is 4.74. The van der Waals surface area contributed by atoms with E-state index >= 15 is 0 Å². The van der Waals surface area contributed by atoms with Crippen LogP contribution in [0.4, 0.5) is 0 Å². The number of ketones is 1. The second-order valence-corrected chi connectivity index (χ2v) is 15.6. The number of Topliss-reactive ketones (excluding diaryl/α,β-unsaturated/α-hetero) is 1. The number of aryl methyl sites for hydroxylation is 2. The number of rotatable bonds is 7. The van der Waals surface area contributed by atoms with Crippen LogP contribution in [0.1, 0.15) is 37.5 Å². The molecule has 0 fully saturated rings. The molecule has 0 aliphatic rings. The Morgan fingerprint density at radius 2 is 1.66 bits per heavy atom. The van der Waals surface area contributed by atoms with E-state index in [-0.39, 0.29) is 25.4 Å². The number of carbonyl (C=O) groups excluding carboxylic acids is 1. The molecule has 11 heteroatoms. The van der Waals surface area contributed by atoms with Gasteiger partial charge in [0.15, 0.2) is 5.78 Å². The first kappa shape index (κ1) is 33.5. The van der Waals surface area contributed by atoms with Crippen LogP contribution in [0.15, 0.2) is 88.7 Å². The summed E-state index contributed by atoms with van der Waals surface area (Å²) < 4.78 is 30.7. The van der Waals surface area contributed by atoms with Crippen LogP contribution in [-0.4, -0.2) is 46.9 Å². The summed E-state index contributed by atoms with van der Waals surface area (Å²) in [6, 6.07) is 24.0. The highest BCUT2D eigenvalue weighted by atomic mass is 32.2. The minimum Gasteiger partial charge on any atom is -0.293 e. The molecule has 0 unspecified atom stereocenters. The molecule has 0 atom stereocenters. The Morgan fingerprint density at radius 1 is 1.00 bits per heavy atom. The third-order valence-corrected chi connectivity index (χ3v) is 10.5. The molecule has 0 bridgehead atoms. The smallest absolute Gasteiger partial charge is 0.273 e. The molecule has 2 aromatic heterocycles. The van der Waals surface area contributed by atoms with E-state index in [0.29, 0.717) is 16.8 Å². The highest BCUT2D eigenvalue weighted by molar-refractivity contribution is 7.89. The quantitative estimate of drug-likeness (QED) is 0.248. The Bertz CT molecular complexity index is 2330. The van der Waals surface area contributed by atoms with Gasteiger partial charge < -0.3 is 0 Å². The molecule has 5 aromatic rings. The highest BCUT2D eigenvalue weighted by Crippen LogP contribution is 2.26. The number of aromatic nitrogens is 3. The molecule has 2 heterocycles. The number of benzene rings is 3. The van der Waals surface area contributed by atoms with Gasteiger partial charge in [0.25, 0.3) is 5.56 Å². The van der Waals surface area contributed by atoms with Crippen LogP contribution in [0.25, 0.3) is 34.3 Å². The Hall–Kier alpha value is -4.89. The Morgan fingerprint density at radius 3 is 2.26 bits per heavy atom. The van der Waals surface area contributed by atoms with Crippen LogP contribution in [0.5, 0.6) is 0 Å². The lowest BCUT2D eigenvalue weighted by Gasteiger charge is -2.16. The van der Waals surface area contributed by atoms with E-state index in [4.69, 9.17) is 5.10 Å². The number of nitrogens with zero attached hydrogens (tertiary/aromatic N) is 5. The van der Waals surface area contributed by atoms with Gasteiger partial charge in [-0.05, 0) is 49.8 Å². The number of hydrogen-bond acceptors (Lipinski definition) is 7. The van der Waals surface area contributed by atoms with Crippen molar-refractivity contribution in [2.75, 3.05) is 14.1 Å². The summed E-state index contributed by atoms with van der Waals surface area (Å²) in [5.41, 5.74) is 3.31. The van der Waals surface area contributed by atoms with Gasteiger partial charge in [-0.3, -0.25) is 14.2 Å². The first-order valence-corrected chi connectivity index (χ1v) is 17.1. The molecule has 0 spiro atoms. The van der Waals surface area contributed by atoms with Crippen LogP contribution in [-0.2, 0) is 14.8 Å². The molecule has 5 rings (SSSR count). The van der Waals surface area contributed by atoms with Gasteiger partial charge in [0.2, 0.25) is 10.0 Å². The van der Waals surface area contributed by atoms with E-state index in [1.54, 1.807) is 44.5 Å². The number of hydrogen-bond donors (Lipinski definition) is 0. The van der Waals surface area contributed by atoms with Gasteiger partial charge in [-0.25, -0.2) is 17.4 Å². The van der Waals surface area contributed by atoms with Crippen molar-refractivity contribution in [1.82, 2.24) is 18.7 Å². The van der Waals surface area contributed by atoms with Gasteiger partial charge in [-0.2, -0.15) is 10.4 Å². The monoisotopic (exact) mass is 665 g/mol. The highest BCUT2D eigenvalue weighted by Gasteiger charge is 2.28.